The van der Waals surface area contributed by atoms with Crippen LogP contribution in [0.25, 0.3) is 0 Å². The molecule has 0 spiro atoms. The van der Waals surface area contributed by atoms with Crippen LogP contribution in [0.3, 0.4) is 0 Å². The molecule has 0 aliphatic heterocycles. The van der Waals surface area contributed by atoms with Gasteiger partial charge < -0.3 is 19.9 Å². The van der Waals surface area contributed by atoms with Crippen LogP contribution in [0, 0.1) is 5.92 Å². The molecule has 7 heteroatoms. The lowest BCUT2D eigenvalue weighted by atomic mass is 10.0. The number of carbonyl (C=O) groups is 3. The van der Waals surface area contributed by atoms with Gasteiger partial charge in [-0.3, -0.25) is 0 Å². The quantitative estimate of drug-likeness (QED) is 0.581. The van der Waals surface area contributed by atoms with Gasteiger partial charge >= 0.3 is 18.0 Å². The molecular weight excluding hydrogens is 302 g/mol. The normalized spacial score (nSPS) is 11.7. The Bertz CT molecular complexity index is 529. The van der Waals surface area contributed by atoms with Crippen LogP contribution in [0.1, 0.15) is 25.8 Å². The van der Waals surface area contributed by atoms with Gasteiger partial charge in [0.05, 0.1) is 0 Å². The maximum atomic E-state index is 11.8. The Balaban J connectivity index is 2.56. The summed E-state index contributed by atoms with van der Waals surface area (Å²) in [5.74, 6) is -1.91. The van der Waals surface area contributed by atoms with Gasteiger partial charge in [0.2, 0.25) is 0 Å². The second-order valence-electron chi connectivity index (χ2n) is 5.34. The topological polar surface area (TPSA) is 102 Å². The Labute approximate surface area is 134 Å². The highest BCUT2D eigenvalue weighted by Gasteiger charge is 2.26. The van der Waals surface area contributed by atoms with Crippen molar-refractivity contribution in [2.75, 3.05) is 6.61 Å². The van der Waals surface area contributed by atoms with Crippen LogP contribution in [0.4, 0.5) is 4.79 Å². The molecule has 0 fully saturated rings. The van der Waals surface area contributed by atoms with Crippen LogP contribution in [-0.4, -0.2) is 35.8 Å². The molecule has 1 aromatic rings. The number of aliphatic hydroxyl groups is 1. The lowest BCUT2D eigenvalue weighted by Crippen LogP contribution is -2.43. The van der Waals surface area contributed by atoms with Crippen molar-refractivity contribution in [3.63, 3.8) is 0 Å². The Hall–Kier alpha value is -2.41. The Morgan fingerprint density at radius 1 is 1.17 bits per heavy atom. The minimum atomic E-state index is -1.07. The van der Waals surface area contributed by atoms with E-state index in [1.165, 1.54) is 0 Å². The van der Waals surface area contributed by atoms with Gasteiger partial charge in [-0.2, -0.15) is 0 Å². The summed E-state index contributed by atoms with van der Waals surface area (Å²) in [5.41, 5.74) is 0.807. The van der Waals surface area contributed by atoms with Crippen LogP contribution in [0.15, 0.2) is 30.3 Å². The average Bonchev–Trinajstić information content (AvgIpc) is 2.52. The number of amides is 1. The number of aliphatic hydroxyl groups excluding tert-OH is 1. The molecule has 1 atom stereocenters. The van der Waals surface area contributed by atoms with Crippen LogP contribution in [-0.2, 0) is 25.7 Å². The van der Waals surface area contributed by atoms with E-state index in [0.29, 0.717) is 0 Å². The van der Waals surface area contributed by atoms with Crippen LogP contribution < -0.4 is 5.32 Å². The third-order valence-corrected chi connectivity index (χ3v) is 2.84. The molecule has 0 saturated carbocycles. The van der Waals surface area contributed by atoms with E-state index in [9.17, 15) is 14.4 Å². The van der Waals surface area contributed by atoms with E-state index >= 15 is 0 Å². The van der Waals surface area contributed by atoms with Gasteiger partial charge in [-0.15, -0.1) is 0 Å². The van der Waals surface area contributed by atoms with E-state index in [1.807, 2.05) is 32.0 Å². The Morgan fingerprint density at radius 2 is 1.83 bits per heavy atom. The zero-order chi connectivity index (χ0) is 17.2. The molecule has 0 aliphatic carbocycles. The van der Waals surface area contributed by atoms with Crippen molar-refractivity contribution >= 4 is 18.0 Å². The molecule has 1 amide bonds. The van der Waals surface area contributed by atoms with Gasteiger partial charge in [-0.1, -0.05) is 44.2 Å². The predicted octanol–water partition coefficient (Wildman–Crippen LogP) is 1.39. The van der Waals surface area contributed by atoms with Gasteiger partial charge in [0.25, 0.3) is 0 Å². The molecule has 0 bridgehead atoms. The van der Waals surface area contributed by atoms with Crippen molar-refractivity contribution in [2.24, 2.45) is 5.92 Å². The van der Waals surface area contributed by atoms with Gasteiger partial charge in [-0.05, 0) is 17.9 Å². The zero-order valence-electron chi connectivity index (χ0n) is 13.2. The summed E-state index contributed by atoms with van der Waals surface area (Å²) >= 11 is 0. The predicted molar refractivity (Wildman–Crippen MR) is 81.2 cm³/mol. The molecular formula is C16H21NO6. The lowest BCUT2D eigenvalue weighted by Gasteiger charge is -2.18. The molecule has 1 rings (SSSR count). The molecule has 0 aromatic heterocycles. The van der Waals surface area contributed by atoms with Crippen LogP contribution >= 0.6 is 0 Å². The Morgan fingerprint density at radius 3 is 2.39 bits per heavy atom. The summed E-state index contributed by atoms with van der Waals surface area (Å²) in [6.45, 7) is 2.86. The minimum absolute atomic E-state index is 0.0612. The van der Waals surface area contributed by atoms with E-state index in [4.69, 9.17) is 9.84 Å². The number of hydrogen-bond donors (Lipinski definition) is 2. The number of rotatable bonds is 7. The largest absolute Gasteiger partial charge is 0.445 e. The highest BCUT2D eigenvalue weighted by atomic mass is 16.6. The molecule has 0 heterocycles. The average molecular weight is 323 g/mol. The monoisotopic (exact) mass is 323 g/mol. The third kappa shape index (κ3) is 7.42. The van der Waals surface area contributed by atoms with Gasteiger partial charge in [0, 0.05) is 0 Å². The van der Waals surface area contributed by atoms with E-state index in [1.54, 1.807) is 12.1 Å². The molecule has 0 unspecified atom stereocenters. The summed E-state index contributed by atoms with van der Waals surface area (Å²) in [7, 11) is 0. The molecule has 0 aliphatic rings. The van der Waals surface area contributed by atoms with Crippen molar-refractivity contribution in [1.82, 2.24) is 5.32 Å². The maximum Gasteiger partial charge on any atom is 0.408 e. The van der Waals surface area contributed by atoms with E-state index in [-0.39, 0.29) is 18.9 Å². The summed E-state index contributed by atoms with van der Waals surface area (Å²) < 4.78 is 9.46. The van der Waals surface area contributed by atoms with Gasteiger partial charge in [0.15, 0.2) is 0 Å². The smallest absolute Gasteiger partial charge is 0.408 e. The van der Waals surface area contributed by atoms with E-state index < -0.39 is 30.7 Å². The first kappa shape index (κ1) is 18.6. The summed E-state index contributed by atoms with van der Waals surface area (Å²) in [6, 6.07) is 8.05. The molecule has 0 radical (unpaired) electrons. The van der Waals surface area contributed by atoms with Crippen LogP contribution in [0.5, 0.6) is 0 Å². The first-order valence-corrected chi connectivity index (χ1v) is 7.25. The van der Waals surface area contributed by atoms with Crippen molar-refractivity contribution in [2.45, 2.75) is 32.9 Å². The van der Waals surface area contributed by atoms with Crippen molar-refractivity contribution in [3.05, 3.63) is 35.9 Å². The summed E-state index contributed by atoms with van der Waals surface area (Å²) in [4.78, 5) is 34.6. The molecule has 126 valence electrons. The lowest BCUT2D eigenvalue weighted by molar-refractivity contribution is -0.163. The SMILES string of the molecule is CC(C)C[C@H](NC(=O)OCc1ccccc1)C(=O)OC(=O)CO. The van der Waals surface area contributed by atoms with Crippen molar-refractivity contribution in [3.8, 4) is 0 Å². The number of carbonyl (C=O) groups excluding carboxylic acids is 3. The van der Waals surface area contributed by atoms with Crippen LogP contribution in [0.2, 0.25) is 0 Å². The molecule has 1 aromatic carbocycles. The fourth-order valence-electron chi connectivity index (χ4n) is 1.81. The second kappa shape index (κ2) is 9.58. The van der Waals surface area contributed by atoms with Crippen molar-refractivity contribution in [1.29, 1.82) is 0 Å². The molecule has 2 N–H and O–H groups in total. The molecule has 7 nitrogen and oxygen atoms in total. The number of benzene rings is 1. The zero-order valence-corrected chi connectivity index (χ0v) is 13.2. The van der Waals surface area contributed by atoms with Gasteiger partial charge in [-0.25, -0.2) is 14.4 Å². The maximum absolute atomic E-state index is 11.8. The highest BCUT2D eigenvalue weighted by molar-refractivity contribution is 5.90. The fourth-order valence-corrected chi connectivity index (χ4v) is 1.81. The Kier molecular flexibility index (Phi) is 7.76. The number of hydrogen-bond acceptors (Lipinski definition) is 6. The third-order valence-electron chi connectivity index (χ3n) is 2.84. The minimum Gasteiger partial charge on any atom is -0.445 e. The number of nitrogens with one attached hydrogen (secondary N) is 1. The molecule has 0 saturated heterocycles. The summed E-state index contributed by atoms with van der Waals surface area (Å²) in [6.07, 6.45) is -0.509. The van der Waals surface area contributed by atoms with E-state index in [2.05, 4.69) is 10.1 Å². The highest BCUT2D eigenvalue weighted by Crippen LogP contribution is 2.08. The standard InChI is InChI=1S/C16H21NO6/c1-11(2)8-13(15(20)23-14(19)9-18)17-16(21)22-10-12-6-4-3-5-7-12/h3-7,11,13,18H,8-10H2,1-2H3,(H,17,21)/t13-/m0/s1. The molecule has 23 heavy (non-hydrogen) atoms. The summed E-state index contributed by atoms with van der Waals surface area (Å²) in [5, 5.41) is 11.0. The van der Waals surface area contributed by atoms with E-state index in [0.717, 1.165) is 5.56 Å². The second-order valence-corrected chi connectivity index (χ2v) is 5.34. The first-order valence-electron chi connectivity index (χ1n) is 7.25. The number of esters is 2. The number of ether oxygens (including phenoxy) is 2. The van der Waals surface area contributed by atoms with Gasteiger partial charge in [0.1, 0.15) is 19.3 Å². The number of alkyl carbamates (subject to hydrolysis) is 1. The van der Waals surface area contributed by atoms with Crippen molar-refractivity contribution < 1.29 is 29.0 Å². The first-order chi connectivity index (χ1) is 10.9. The fraction of sp³-hybridized carbons (Fsp3) is 0.438.